The highest BCUT2D eigenvalue weighted by Gasteiger charge is 2.03. The molecule has 62 valence electrons. The Balaban J connectivity index is 2.31. The van der Waals surface area contributed by atoms with E-state index in [1.54, 1.807) is 6.33 Å². The van der Waals surface area contributed by atoms with Crippen LogP contribution in [0.15, 0.2) is 6.33 Å². The summed E-state index contributed by atoms with van der Waals surface area (Å²) in [5.74, 6) is 1.72. The van der Waals surface area contributed by atoms with Gasteiger partial charge in [-0.15, -0.1) is 0 Å². The molecule has 0 spiro atoms. The minimum atomic E-state index is 0.716. The highest BCUT2D eigenvalue weighted by molar-refractivity contribution is 4.81. The fourth-order valence-electron chi connectivity index (χ4n) is 1.25. The molecule has 1 atom stereocenters. The number of rotatable bonds is 4. The second-order valence-electron chi connectivity index (χ2n) is 3.03. The summed E-state index contributed by atoms with van der Waals surface area (Å²) in [6, 6.07) is 0. The Hall–Kier alpha value is -0.860. The number of aromatic nitrogens is 3. The molecular formula is C8H15N3. The summed E-state index contributed by atoms with van der Waals surface area (Å²) in [5.41, 5.74) is 0. The number of nitrogens with one attached hydrogen (secondary N) is 1. The molecule has 0 saturated carbocycles. The smallest absolute Gasteiger partial charge is 0.137 e. The van der Waals surface area contributed by atoms with Gasteiger partial charge in [-0.3, -0.25) is 5.10 Å². The van der Waals surface area contributed by atoms with Crippen molar-refractivity contribution >= 4 is 0 Å². The molecule has 0 saturated heterocycles. The van der Waals surface area contributed by atoms with Crippen molar-refractivity contribution in [3.63, 3.8) is 0 Å². The molecule has 3 heteroatoms. The van der Waals surface area contributed by atoms with Crippen LogP contribution in [0.4, 0.5) is 0 Å². The van der Waals surface area contributed by atoms with Gasteiger partial charge in [-0.2, -0.15) is 5.10 Å². The van der Waals surface area contributed by atoms with E-state index in [0.29, 0.717) is 5.92 Å². The van der Waals surface area contributed by atoms with Crippen molar-refractivity contribution in [1.82, 2.24) is 15.2 Å². The van der Waals surface area contributed by atoms with Gasteiger partial charge in [0.2, 0.25) is 0 Å². The van der Waals surface area contributed by atoms with Gasteiger partial charge in [0.1, 0.15) is 12.2 Å². The maximum Gasteiger partial charge on any atom is 0.137 e. The largest absolute Gasteiger partial charge is 0.263 e. The van der Waals surface area contributed by atoms with Crippen molar-refractivity contribution in [3.8, 4) is 0 Å². The lowest BCUT2D eigenvalue weighted by Gasteiger charge is -2.05. The molecule has 0 aliphatic carbocycles. The zero-order valence-corrected chi connectivity index (χ0v) is 7.17. The Kier molecular flexibility index (Phi) is 3.08. The van der Waals surface area contributed by atoms with E-state index < -0.39 is 0 Å². The molecule has 3 nitrogen and oxygen atoms in total. The van der Waals surface area contributed by atoms with Gasteiger partial charge in [0.15, 0.2) is 0 Å². The van der Waals surface area contributed by atoms with E-state index in [0.717, 1.165) is 12.2 Å². The number of hydrogen-bond donors (Lipinski definition) is 1. The first-order valence-electron chi connectivity index (χ1n) is 4.17. The van der Waals surface area contributed by atoms with Gasteiger partial charge in [-0.25, -0.2) is 4.98 Å². The van der Waals surface area contributed by atoms with Crippen molar-refractivity contribution in [2.45, 2.75) is 33.1 Å². The van der Waals surface area contributed by atoms with E-state index in [1.807, 2.05) is 0 Å². The highest BCUT2D eigenvalue weighted by Crippen LogP contribution is 2.09. The van der Waals surface area contributed by atoms with E-state index in [-0.39, 0.29) is 0 Å². The Bertz CT molecular complexity index is 181. The molecule has 0 radical (unpaired) electrons. The maximum absolute atomic E-state index is 4.07. The van der Waals surface area contributed by atoms with E-state index in [2.05, 4.69) is 29.0 Å². The van der Waals surface area contributed by atoms with Crippen molar-refractivity contribution < 1.29 is 0 Å². The van der Waals surface area contributed by atoms with Gasteiger partial charge in [-0.1, -0.05) is 26.7 Å². The quantitative estimate of drug-likeness (QED) is 0.716. The van der Waals surface area contributed by atoms with Gasteiger partial charge < -0.3 is 0 Å². The Labute approximate surface area is 67.2 Å². The first-order chi connectivity index (χ1) is 5.33. The molecule has 1 aromatic rings. The first kappa shape index (κ1) is 8.24. The molecule has 0 aliphatic heterocycles. The van der Waals surface area contributed by atoms with Crippen molar-refractivity contribution in [2.75, 3.05) is 0 Å². The summed E-state index contributed by atoms with van der Waals surface area (Å²) in [7, 11) is 0. The molecule has 1 rings (SSSR count). The third-order valence-corrected chi connectivity index (χ3v) is 1.79. The van der Waals surface area contributed by atoms with Crippen molar-refractivity contribution in [1.29, 1.82) is 0 Å². The van der Waals surface area contributed by atoms with Gasteiger partial charge in [-0.05, 0) is 5.92 Å². The van der Waals surface area contributed by atoms with E-state index in [4.69, 9.17) is 0 Å². The minimum absolute atomic E-state index is 0.716. The van der Waals surface area contributed by atoms with Crippen LogP contribution in [0.5, 0.6) is 0 Å². The molecule has 0 aliphatic rings. The molecule has 0 amide bonds. The molecule has 0 aromatic carbocycles. The minimum Gasteiger partial charge on any atom is -0.263 e. The van der Waals surface area contributed by atoms with Crippen LogP contribution in [-0.2, 0) is 6.42 Å². The Morgan fingerprint density at radius 1 is 1.64 bits per heavy atom. The molecule has 1 aromatic heterocycles. The topological polar surface area (TPSA) is 41.6 Å². The normalized spacial score (nSPS) is 13.3. The number of H-pyrrole nitrogens is 1. The van der Waals surface area contributed by atoms with Crippen LogP contribution >= 0.6 is 0 Å². The standard InChI is InChI=1S/C8H15N3/c1-3-4-7(2)5-8-9-6-10-11-8/h6-7H,3-5H2,1-2H3,(H,9,10,11). The second kappa shape index (κ2) is 4.11. The summed E-state index contributed by atoms with van der Waals surface area (Å²) in [4.78, 5) is 4.07. The third kappa shape index (κ3) is 2.70. The first-order valence-corrected chi connectivity index (χ1v) is 4.17. The van der Waals surface area contributed by atoms with Crippen LogP contribution in [0.1, 0.15) is 32.5 Å². The molecular weight excluding hydrogens is 138 g/mol. The lowest BCUT2D eigenvalue weighted by molar-refractivity contribution is 0.510. The van der Waals surface area contributed by atoms with Crippen LogP contribution in [0.3, 0.4) is 0 Å². The Morgan fingerprint density at radius 3 is 3.00 bits per heavy atom. The van der Waals surface area contributed by atoms with Gasteiger partial charge in [0.25, 0.3) is 0 Å². The molecule has 0 bridgehead atoms. The van der Waals surface area contributed by atoms with Crippen LogP contribution in [0.25, 0.3) is 0 Å². The van der Waals surface area contributed by atoms with E-state index in [1.165, 1.54) is 12.8 Å². The summed E-state index contributed by atoms with van der Waals surface area (Å²) in [6.07, 6.45) is 5.10. The molecule has 0 fully saturated rings. The molecule has 1 unspecified atom stereocenters. The van der Waals surface area contributed by atoms with Gasteiger partial charge in [0.05, 0.1) is 0 Å². The monoisotopic (exact) mass is 153 g/mol. The zero-order chi connectivity index (χ0) is 8.10. The molecule has 1 N–H and O–H groups in total. The fourth-order valence-corrected chi connectivity index (χ4v) is 1.25. The molecule has 11 heavy (non-hydrogen) atoms. The average Bonchev–Trinajstić information content (AvgIpc) is 2.40. The van der Waals surface area contributed by atoms with Gasteiger partial charge >= 0.3 is 0 Å². The summed E-state index contributed by atoms with van der Waals surface area (Å²) >= 11 is 0. The highest BCUT2D eigenvalue weighted by atomic mass is 15.2. The van der Waals surface area contributed by atoms with Crippen LogP contribution in [-0.4, -0.2) is 15.2 Å². The Morgan fingerprint density at radius 2 is 2.45 bits per heavy atom. The van der Waals surface area contributed by atoms with Crippen molar-refractivity contribution in [2.24, 2.45) is 5.92 Å². The predicted octanol–water partition coefficient (Wildman–Crippen LogP) is 1.78. The summed E-state index contributed by atoms with van der Waals surface area (Å²) in [5, 5.41) is 6.66. The third-order valence-electron chi connectivity index (χ3n) is 1.79. The van der Waals surface area contributed by atoms with E-state index >= 15 is 0 Å². The fraction of sp³-hybridized carbons (Fsp3) is 0.750. The predicted molar refractivity (Wildman–Crippen MR) is 44.2 cm³/mol. The second-order valence-corrected chi connectivity index (χ2v) is 3.03. The number of aromatic amines is 1. The van der Waals surface area contributed by atoms with Crippen LogP contribution in [0.2, 0.25) is 0 Å². The molecule has 1 heterocycles. The zero-order valence-electron chi connectivity index (χ0n) is 7.17. The number of hydrogen-bond acceptors (Lipinski definition) is 2. The number of nitrogens with zero attached hydrogens (tertiary/aromatic N) is 2. The lowest BCUT2D eigenvalue weighted by atomic mass is 10.0. The summed E-state index contributed by atoms with van der Waals surface area (Å²) < 4.78 is 0. The van der Waals surface area contributed by atoms with Crippen LogP contribution < -0.4 is 0 Å². The summed E-state index contributed by atoms with van der Waals surface area (Å²) in [6.45, 7) is 4.45. The maximum atomic E-state index is 4.07. The van der Waals surface area contributed by atoms with Crippen molar-refractivity contribution in [3.05, 3.63) is 12.2 Å². The van der Waals surface area contributed by atoms with E-state index in [9.17, 15) is 0 Å². The van der Waals surface area contributed by atoms with Gasteiger partial charge in [0, 0.05) is 6.42 Å². The lowest BCUT2D eigenvalue weighted by Crippen LogP contribution is -2.00. The average molecular weight is 153 g/mol. The SMILES string of the molecule is CCCC(C)Cc1ncn[nH]1. The van der Waals surface area contributed by atoms with Crippen LogP contribution in [0, 0.1) is 5.92 Å².